The minimum Gasteiger partial charge on any atom is -0.508 e. The van der Waals surface area contributed by atoms with Crippen LogP contribution in [0.3, 0.4) is 0 Å². The highest BCUT2D eigenvalue weighted by molar-refractivity contribution is 5.92. The van der Waals surface area contributed by atoms with E-state index in [9.17, 15) is 9.50 Å². The van der Waals surface area contributed by atoms with Crippen LogP contribution >= 0.6 is 0 Å². The van der Waals surface area contributed by atoms with E-state index in [-0.39, 0.29) is 5.75 Å². The molecule has 1 saturated carbocycles. The van der Waals surface area contributed by atoms with E-state index in [1.165, 1.54) is 18.9 Å². The molecule has 0 radical (unpaired) electrons. The molecule has 2 aromatic carbocycles. The molecule has 0 spiro atoms. The van der Waals surface area contributed by atoms with Gasteiger partial charge in [0, 0.05) is 36.6 Å². The number of aromatic hydroxyl groups is 1. The van der Waals surface area contributed by atoms with Gasteiger partial charge >= 0.3 is 0 Å². The predicted molar refractivity (Wildman–Crippen MR) is 119 cm³/mol. The summed E-state index contributed by atoms with van der Waals surface area (Å²) in [5.41, 5.74) is 2.28. The van der Waals surface area contributed by atoms with Crippen LogP contribution in [-0.4, -0.2) is 58.4 Å². The molecule has 1 aliphatic carbocycles. The van der Waals surface area contributed by atoms with Crippen LogP contribution in [-0.2, 0) is 4.74 Å². The van der Waals surface area contributed by atoms with Crippen LogP contribution in [0.4, 0.5) is 10.2 Å². The van der Waals surface area contributed by atoms with Gasteiger partial charge in [-0.2, -0.15) is 0 Å². The van der Waals surface area contributed by atoms with Crippen molar-refractivity contribution in [2.45, 2.75) is 37.8 Å². The van der Waals surface area contributed by atoms with Crippen molar-refractivity contribution < 1.29 is 14.2 Å². The van der Waals surface area contributed by atoms with Crippen LogP contribution in [0.15, 0.2) is 42.7 Å². The average Bonchev–Trinajstić information content (AvgIpc) is 2.79. The van der Waals surface area contributed by atoms with Crippen LogP contribution in [0, 0.1) is 5.82 Å². The monoisotopic (exact) mass is 422 g/mol. The van der Waals surface area contributed by atoms with Gasteiger partial charge in [-0.3, -0.25) is 4.90 Å². The first-order valence-corrected chi connectivity index (χ1v) is 11.0. The molecule has 3 aromatic rings. The summed E-state index contributed by atoms with van der Waals surface area (Å²) in [5, 5.41) is 14.3. The lowest BCUT2D eigenvalue weighted by molar-refractivity contribution is 0.00791. The number of hydrogen-bond donors (Lipinski definition) is 2. The van der Waals surface area contributed by atoms with Crippen molar-refractivity contribution in [3.63, 3.8) is 0 Å². The number of anilines is 1. The summed E-state index contributed by atoms with van der Waals surface area (Å²) >= 11 is 0. The van der Waals surface area contributed by atoms with E-state index in [2.05, 4.69) is 20.2 Å². The molecule has 0 unspecified atom stereocenters. The number of ether oxygens (including phenoxy) is 1. The molecule has 0 bridgehead atoms. The van der Waals surface area contributed by atoms with Gasteiger partial charge in [0.25, 0.3) is 0 Å². The van der Waals surface area contributed by atoms with Gasteiger partial charge in [0.1, 0.15) is 23.7 Å². The normalized spacial score (nSPS) is 22.5. The smallest absolute Gasteiger partial charge is 0.137 e. The molecule has 7 heteroatoms. The molecule has 5 rings (SSSR count). The Morgan fingerprint density at radius 1 is 0.968 bits per heavy atom. The number of phenolic OH excluding ortho intramolecular Hbond substituents is 1. The van der Waals surface area contributed by atoms with Crippen molar-refractivity contribution in [3.05, 3.63) is 48.5 Å². The molecule has 162 valence electrons. The van der Waals surface area contributed by atoms with Crippen LogP contribution in [0.2, 0.25) is 0 Å². The average molecular weight is 423 g/mol. The second-order valence-electron chi connectivity index (χ2n) is 8.45. The zero-order chi connectivity index (χ0) is 21.2. The first-order chi connectivity index (χ1) is 15.2. The molecular formula is C24H27FN4O2. The van der Waals surface area contributed by atoms with Gasteiger partial charge < -0.3 is 15.2 Å². The second-order valence-corrected chi connectivity index (χ2v) is 8.45. The Labute approximate surface area is 181 Å². The van der Waals surface area contributed by atoms with Crippen molar-refractivity contribution in [2.24, 2.45) is 0 Å². The molecule has 6 nitrogen and oxygen atoms in total. The number of fused-ring (bicyclic) bond motifs is 1. The molecule has 1 aromatic heterocycles. The fourth-order valence-corrected chi connectivity index (χ4v) is 4.81. The Balaban J connectivity index is 1.34. The number of nitrogens with one attached hydrogen (secondary N) is 1. The van der Waals surface area contributed by atoms with Gasteiger partial charge in [0.2, 0.25) is 0 Å². The van der Waals surface area contributed by atoms with Crippen molar-refractivity contribution in [2.75, 3.05) is 31.6 Å². The van der Waals surface area contributed by atoms with Gasteiger partial charge in [0.15, 0.2) is 0 Å². The molecule has 31 heavy (non-hydrogen) atoms. The number of rotatable bonds is 4. The van der Waals surface area contributed by atoms with Crippen molar-refractivity contribution >= 4 is 16.7 Å². The Morgan fingerprint density at radius 2 is 1.77 bits per heavy atom. The molecule has 0 atom stereocenters. The topological polar surface area (TPSA) is 70.5 Å². The number of phenols is 1. The van der Waals surface area contributed by atoms with Crippen LogP contribution in [0.5, 0.6) is 5.75 Å². The molecule has 2 N–H and O–H groups in total. The fourth-order valence-electron chi connectivity index (χ4n) is 4.81. The highest BCUT2D eigenvalue weighted by Crippen LogP contribution is 2.31. The Kier molecular flexibility index (Phi) is 5.70. The molecule has 1 saturated heterocycles. The summed E-state index contributed by atoms with van der Waals surface area (Å²) in [4.78, 5) is 11.5. The third-order valence-electron chi connectivity index (χ3n) is 6.45. The third kappa shape index (κ3) is 4.48. The van der Waals surface area contributed by atoms with Gasteiger partial charge in [-0.25, -0.2) is 14.4 Å². The first-order valence-electron chi connectivity index (χ1n) is 11.0. The summed E-state index contributed by atoms with van der Waals surface area (Å²) in [6.07, 6.45) is 6.14. The number of benzene rings is 2. The van der Waals surface area contributed by atoms with E-state index >= 15 is 0 Å². The summed E-state index contributed by atoms with van der Waals surface area (Å²) in [5.74, 6) is 0.256. The zero-order valence-corrected chi connectivity index (χ0v) is 17.4. The number of morpholine rings is 1. The van der Waals surface area contributed by atoms with Crippen molar-refractivity contribution in [1.29, 1.82) is 0 Å². The van der Waals surface area contributed by atoms with Gasteiger partial charge in [-0.05, 0) is 61.1 Å². The maximum Gasteiger partial charge on any atom is 0.137 e. The minimum atomic E-state index is -0.463. The number of hydrogen-bond acceptors (Lipinski definition) is 6. The Bertz CT molecular complexity index is 1040. The van der Waals surface area contributed by atoms with E-state index < -0.39 is 5.82 Å². The minimum absolute atomic E-state index is 0.0882. The van der Waals surface area contributed by atoms with Gasteiger partial charge in [-0.1, -0.05) is 6.07 Å². The third-order valence-corrected chi connectivity index (χ3v) is 6.45. The van der Waals surface area contributed by atoms with Crippen molar-refractivity contribution in [1.82, 2.24) is 14.9 Å². The quantitative estimate of drug-likeness (QED) is 0.657. The second kappa shape index (κ2) is 8.77. The lowest BCUT2D eigenvalue weighted by Crippen LogP contribution is -2.46. The first kappa shape index (κ1) is 20.2. The molecule has 2 heterocycles. The highest BCUT2D eigenvalue weighted by atomic mass is 19.1. The summed E-state index contributed by atoms with van der Waals surface area (Å²) < 4.78 is 19.3. The number of aromatic nitrogens is 2. The molecule has 0 amide bonds. The number of halogens is 1. The highest BCUT2D eigenvalue weighted by Gasteiger charge is 2.27. The molecule has 1 aliphatic heterocycles. The Morgan fingerprint density at radius 3 is 2.55 bits per heavy atom. The van der Waals surface area contributed by atoms with Gasteiger partial charge in [-0.15, -0.1) is 0 Å². The van der Waals surface area contributed by atoms with E-state index in [0.717, 1.165) is 67.5 Å². The molecule has 2 fully saturated rings. The lowest BCUT2D eigenvalue weighted by Gasteiger charge is -2.39. The standard InChI is InChI=1S/C24H27FN4O2/c25-18-11-17(12-21(30)14-18)16-1-6-23-22(13-16)24(27-15-26-23)28-19-2-4-20(5-3-19)29-7-9-31-10-8-29/h1,6,11-15,19-20,30H,2-5,7-10H2,(H,26,27,28). The van der Waals surface area contributed by atoms with Gasteiger partial charge in [0.05, 0.1) is 18.7 Å². The van der Waals surface area contributed by atoms with E-state index in [1.807, 2.05) is 18.2 Å². The summed E-state index contributed by atoms with van der Waals surface area (Å²) in [7, 11) is 0. The lowest BCUT2D eigenvalue weighted by atomic mass is 9.90. The SMILES string of the molecule is Oc1cc(F)cc(-c2ccc3ncnc(NC4CCC(N5CCOCC5)CC4)c3c2)c1. The fraction of sp³-hybridized carbons (Fsp3) is 0.417. The molecule has 2 aliphatic rings. The van der Waals surface area contributed by atoms with E-state index in [4.69, 9.17) is 4.74 Å². The van der Waals surface area contributed by atoms with Crippen LogP contribution in [0.1, 0.15) is 25.7 Å². The summed E-state index contributed by atoms with van der Waals surface area (Å²) in [6.45, 7) is 3.77. The van der Waals surface area contributed by atoms with Crippen molar-refractivity contribution in [3.8, 4) is 16.9 Å². The Hall–Kier alpha value is -2.77. The predicted octanol–water partition coefficient (Wildman–Crippen LogP) is 4.20. The van der Waals surface area contributed by atoms with E-state index in [1.54, 1.807) is 12.4 Å². The zero-order valence-electron chi connectivity index (χ0n) is 17.4. The van der Waals surface area contributed by atoms with Crippen LogP contribution in [0.25, 0.3) is 22.0 Å². The maximum atomic E-state index is 13.8. The molecular weight excluding hydrogens is 395 g/mol. The number of nitrogens with zero attached hydrogens (tertiary/aromatic N) is 3. The summed E-state index contributed by atoms with van der Waals surface area (Å²) in [6, 6.07) is 10.9. The largest absolute Gasteiger partial charge is 0.508 e. The van der Waals surface area contributed by atoms with Crippen LogP contribution < -0.4 is 5.32 Å². The maximum absolute atomic E-state index is 13.8. The van der Waals surface area contributed by atoms with E-state index in [0.29, 0.717) is 17.6 Å².